The molecule has 0 amide bonds. The van der Waals surface area contributed by atoms with Gasteiger partial charge in [-0.3, -0.25) is 9.59 Å². The minimum atomic E-state index is -0.476. The van der Waals surface area contributed by atoms with Crippen molar-refractivity contribution in [3.8, 4) is 5.75 Å². The van der Waals surface area contributed by atoms with Gasteiger partial charge in [-0.15, -0.1) is 0 Å². The van der Waals surface area contributed by atoms with Crippen LogP contribution in [-0.4, -0.2) is 18.5 Å². The number of hydrogen-bond donors (Lipinski definition) is 0. The van der Waals surface area contributed by atoms with Crippen LogP contribution >= 0.6 is 0 Å². The Morgan fingerprint density at radius 1 is 0.697 bits per heavy atom. The molecule has 0 aliphatic carbocycles. The van der Waals surface area contributed by atoms with Gasteiger partial charge in [0, 0.05) is 18.9 Å². The molecule has 0 aromatic heterocycles. The summed E-state index contributed by atoms with van der Waals surface area (Å²) in [6.07, 6.45) is 20.2. The first-order valence-electron chi connectivity index (χ1n) is 13.2. The van der Waals surface area contributed by atoms with Gasteiger partial charge in [0.25, 0.3) is 0 Å². The smallest absolute Gasteiger partial charge is 0.311 e. The zero-order chi connectivity index (χ0) is 24.0. The van der Waals surface area contributed by atoms with Crippen molar-refractivity contribution < 1.29 is 23.5 Å². The van der Waals surface area contributed by atoms with Gasteiger partial charge in [-0.25, -0.2) is 4.39 Å². The fourth-order valence-corrected chi connectivity index (χ4v) is 3.82. The molecule has 0 radical (unpaired) electrons. The number of esters is 2. The van der Waals surface area contributed by atoms with E-state index in [4.69, 9.17) is 9.47 Å². The standard InChI is InChI=1S/C28H45FO4/c1-2-3-4-5-6-7-8-9-10-11-12-13-14-15-16-23-32-27(30)21-18-22-28(31)33-26-20-17-19-25(29)24-26/h17,19-20,24H,2-16,18,21-23H2,1H3. The van der Waals surface area contributed by atoms with Gasteiger partial charge in [0.05, 0.1) is 6.61 Å². The van der Waals surface area contributed by atoms with Crippen LogP contribution in [0.2, 0.25) is 0 Å². The van der Waals surface area contributed by atoms with Crippen molar-refractivity contribution in [1.29, 1.82) is 0 Å². The summed E-state index contributed by atoms with van der Waals surface area (Å²) < 4.78 is 23.3. The molecule has 1 aromatic carbocycles. The Kier molecular flexibility index (Phi) is 18.2. The van der Waals surface area contributed by atoms with Crippen molar-refractivity contribution in [3.05, 3.63) is 30.1 Å². The number of hydrogen-bond acceptors (Lipinski definition) is 4. The van der Waals surface area contributed by atoms with Gasteiger partial charge in [0.1, 0.15) is 11.6 Å². The zero-order valence-electron chi connectivity index (χ0n) is 20.8. The highest BCUT2D eigenvalue weighted by Gasteiger charge is 2.09. The van der Waals surface area contributed by atoms with Crippen LogP contribution in [0.15, 0.2) is 24.3 Å². The third kappa shape index (κ3) is 18.2. The topological polar surface area (TPSA) is 52.6 Å². The van der Waals surface area contributed by atoms with Crippen molar-refractivity contribution in [2.75, 3.05) is 6.61 Å². The van der Waals surface area contributed by atoms with E-state index >= 15 is 0 Å². The molecule has 0 spiro atoms. The minimum Gasteiger partial charge on any atom is -0.466 e. The Labute approximate surface area is 200 Å². The lowest BCUT2D eigenvalue weighted by Crippen LogP contribution is -2.10. The molecule has 0 N–H and O–H groups in total. The first kappa shape index (κ1) is 29.1. The van der Waals surface area contributed by atoms with Gasteiger partial charge in [-0.1, -0.05) is 103 Å². The SMILES string of the molecule is CCCCCCCCCCCCCCCCCOC(=O)CCCC(=O)Oc1cccc(F)c1. The van der Waals surface area contributed by atoms with Crippen LogP contribution in [0.4, 0.5) is 4.39 Å². The first-order chi connectivity index (χ1) is 16.1. The Morgan fingerprint density at radius 2 is 1.21 bits per heavy atom. The fraction of sp³-hybridized carbons (Fsp3) is 0.714. The molecule has 0 fully saturated rings. The maximum Gasteiger partial charge on any atom is 0.311 e. The van der Waals surface area contributed by atoms with Crippen molar-refractivity contribution >= 4 is 11.9 Å². The Morgan fingerprint density at radius 3 is 1.76 bits per heavy atom. The molecule has 0 saturated heterocycles. The lowest BCUT2D eigenvalue weighted by atomic mass is 10.0. The van der Waals surface area contributed by atoms with E-state index in [1.807, 2.05) is 0 Å². The second kappa shape index (κ2) is 20.7. The second-order valence-corrected chi connectivity index (χ2v) is 8.96. The normalized spacial score (nSPS) is 10.8. The van der Waals surface area contributed by atoms with Crippen molar-refractivity contribution in [3.63, 3.8) is 0 Å². The van der Waals surface area contributed by atoms with E-state index in [2.05, 4.69) is 6.92 Å². The lowest BCUT2D eigenvalue weighted by Gasteiger charge is -2.06. The molecule has 1 rings (SSSR count). The minimum absolute atomic E-state index is 0.102. The molecule has 5 heteroatoms. The third-order valence-electron chi connectivity index (χ3n) is 5.80. The monoisotopic (exact) mass is 464 g/mol. The van der Waals surface area contributed by atoms with E-state index < -0.39 is 11.8 Å². The highest BCUT2D eigenvalue weighted by atomic mass is 19.1. The molecule has 0 unspecified atom stereocenters. The molecule has 1 aromatic rings. The summed E-state index contributed by atoms with van der Waals surface area (Å²) in [5.41, 5.74) is 0. The molecule has 0 aliphatic rings. The van der Waals surface area contributed by atoms with Crippen LogP contribution in [0.1, 0.15) is 122 Å². The van der Waals surface area contributed by atoms with Crippen LogP contribution in [0.3, 0.4) is 0 Å². The van der Waals surface area contributed by atoms with Crippen LogP contribution < -0.4 is 4.74 Å². The molecule has 0 bridgehead atoms. The number of carbonyl (C=O) groups excluding carboxylic acids is 2. The predicted molar refractivity (Wildman–Crippen MR) is 132 cm³/mol. The number of halogens is 1. The molecule has 188 valence electrons. The van der Waals surface area contributed by atoms with Gasteiger partial charge in [0.2, 0.25) is 0 Å². The van der Waals surface area contributed by atoms with Crippen LogP contribution in [-0.2, 0) is 14.3 Å². The summed E-state index contributed by atoms with van der Waals surface area (Å²) in [6.45, 7) is 2.71. The van der Waals surface area contributed by atoms with Crippen LogP contribution in [0.25, 0.3) is 0 Å². The molecule has 0 heterocycles. The van der Waals surface area contributed by atoms with Crippen molar-refractivity contribution in [2.24, 2.45) is 0 Å². The molecular weight excluding hydrogens is 419 g/mol. The van der Waals surface area contributed by atoms with Gasteiger partial charge in [0.15, 0.2) is 0 Å². The quantitative estimate of drug-likeness (QED) is 0.104. The summed E-state index contributed by atoms with van der Waals surface area (Å²) in [5.74, 6) is -1.03. The van der Waals surface area contributed by atoms with E-state index in [9.17, 15) is 14.0 Å². The summed E-state index contributed by atoms with van der Waals surface area (Å²) in [4.78, 5) is 23.5. The number of unbranched alkanes of at least 4 members (excludes halogenated alkanes) is 14. The van der Waals surface area contributed by atoms with Crippen molar-refractivity contribution in [1.82, 2.24) is 0 Å². The Balaban J connectivity index is 1.82. The van der Waals surface area contributed by atoms with Gasteiger partial charge >= 0.3 is 11.9 Å². The summed E-state index contributed by atoms with van der Waals surface area (Å²) in [7, 11) is 0. The largest absolute Gasteiger partial charge is 0.466 e. The second-order valence-electron chi connectivity index (χ2n) is 8.96. The first-order valence-corrected chi connectivity index (χ1v) is 13.2. The molecular formula is C28H45FO4. The maximum atomic E-state index is 13.1. The number of rotatable bonds is 21. The lowest BCUT2D eigenvalue weighted by molar-refractivity contribution is -0.144. The number of ether oxygens (including phenoxy) is 2. The molecule has 0 aliphatic heterocycles. The van der Waals surface area contributed by atoms with E-state index in [-0.39, 0.29) is 24.6 Å². The van der Waals surface area contributed by atoms with Gasteiger partial charge in [-0.05, 0) is 25.0 Å². The fourth-order valence-electron chi connectivity index (χ4n) is 3.82. The van der Waals surface area contributed by atoms with Crippen molar-refractivity contribution in [2.45, 2.75) is 122 Å². The average Bonchev–Trinajstić information content (AvgIpc) is 2.79. The maximum absolute atomic E-state index is 13.1. The number of benzene rings is 1. The highest BCUT2D eigenvalue weighted by molar-refractivity contribution is 5.74. The molecule has 33 heavy (non-hydrogen) atoms. The average molecular weight is 465 g/mol. The van der Waals surface area contributed by atoms with E-state index in [0.717, 1.165) is 18.9 Å². The molecule has 0 atom stereocenters. The van der Waals surface area contributed by atoms with Gasteiger partial charge in [-0.2, -0.15) is 0 Å². The molecule has 4 nitrogen and oxygen atoms in total. The summed E-state index contributed by atoms with van der Waals surface area (Å²) in [6, 6.07) is 5.44. The van der Waals surface area contributed by atoms with Gasteiger partial charge < -0.3 is 9.47 Å². The van der Waals surface area contributed by atoms with E-state index in [1.54, 1.807) is 0 Å². The Hall–Kier alpha value is -1.91. The third-order valence-corrected chi connectivity index (χ3v) is 5.80. The molecule has 0 saturated carbocycles. The predicted octanol–water partition coefficient (Wildman–Crippen LogP) is 8.32. The number of carbonyl (C=O) groups is 2. The van der Waals surface area contributed by atoms with Crippen LogP contribution in [0, 0.1) is 5.82 Å². The summed E-state index contributed by atoms with van der Waals surface area (Å²) >= 11 is 0. The van der Waals surface area contributed by atoms with E-state index in [1.165, 1.54) is 102 Å². The highest BCUT2D eigenvalue weighted by Crippen LogP contribution is 2.14. The van der Waals surface area contributed by atoms with Crippen LogP contribution in [0.5, 0.6) is 5.75 Å². The van der Waals surface area contributed by atoms with E-state index in [0.29, 0.717) is 13.0 Å². The zero-order valence-corrected chi connectivity index (χ0v) is 20.8. The Bertz CT molecular complexity index is 632. The summed E-state index contributed by atoms with van der Waals surface area (Å²) in [5, 5.41) is 0.